The summed E-state index contributed by atoms with van der Waals surface area (Å²) in [5.41, 5.74) is 3.38. The molecule has 4 heteroatoms. The van der Waals surface area contributed by atoms with E-state index in [1.807, 2.05) is 17.1 Å². The molecule has 1 fully saturated rings. The molecular formula is C18H24N4. The highest BCUT2D eigenvalue weighted by atomic mass is 15.5. The summed E-state index contributed by atoms with van der Waals surface area (Å²) < 4.78 is 2.00. The lowest BCUT2D eigenvalue weighted by Gasteiger charge is -2.37. The molecule has 1 aliphatic heterocycles. The van der Waals surface area contributed by atoms with E-state index in [0.717, 1.165) is 11.4 Å². The highest BCUT2D eigenvalue weighted by molar-refractivity contribution is 5.98. The quantitative estimate of drug-likeness (QED) is 0.806. The molecule has 1 aromatic carbocycles. The number of hydrazone groups is 1. The molecule has 22 heavy (non-hydrogen) atoms. The van der Waals surface area contributed by atoms with Crippen molar-refractivity contribution in [2.24, 2.45) is 5.10 Å². The molecule has 0 bridgehead atoms. The number of aromatic nitrogens is 2. The zero-order chi connectivity index (χ0) is 15.5. The van der Waals surface area contributed by atoms with Crippen molar-refractivity contribution in [3.05, 3.63) is 48.5 Å². The first-order valence-electron chi connectivity index (χ1n) is 8.07. The Balaban J connectivity index is 1.79. The van der Waals surface area contributed by atoms with Gasteiger partial charge >= 0.3 is 0 Å². The Bertz CT molecular complexity index is 618. The molecule has 0 aliphatic carbocycles. The molecular weight excluding hydrogens is 272 g/mol. The van der Waals surface area contributed by atoms with Crippen LogP contribution in [0.5, 0.6) is 0 Å². The molecule has 116 valence electrons. The van der Waals surface area contributed by atoms with Gasteiger partial charge in [-0.05, 0) is 57.7 Å². The Morgan fingerprint density at radius 3 is 2.41 bits per heavy atom. The minimum absolute atomic E-state index is 0.531. The SMILES string of the molecule is CC(=NN1C(C)CCCC1C)c1ccc(-n2ccnc2)cc1. The number of hydrogen-bond donors (Lipinski definition) is 0. The van der Waals surface area contributed by atoms with Gasteiger partial charge in [-0.25, -0.2) is 4.98 Å². The van der Waals surface area contributed by atoms with Gasteiger partial charge in [0.05, 0.1) is 12.0 Å². The summed E-state index contributed by atoms with van der Waals surface area (Å²) in [5.74, 6) is 0. The first-order chi connectivity index (χ1) is 10.6. The van der Waals surface area contributed by atoms with Gasteiger partial charge in [-0.2, -0.15) is 5.10 Å². The van der Waals surface area contributed by atoms with Crippen molar-refractivity contribution in [2.75, 3.05) is 0 Å². The summed E-state index contributed by atoms with van der Waals surface area (Å²) in [6.07, 6.45) is 9.34. The van der Waals surface area contributed by atoms with E-state index in [1.165, 1.54) is 24.8 Å². The van der Waals surface area contributed by atoms with E-state index < -0.39 is 0 Å². The first kappa shape index (κ1) is 14.8. The molecule has 2 heterocycles. The normalized spacial score (nSPS) is 22.9. The van der Waals surface area contributed by atoms with Crippen LogP contribution in [0.3, 0.4) is 0 Å². The third kappa shape index (κ3) is 3.06. The number of hydrogen-bond acceptors (Lipinski definition) is 3. The maximum Gasteiger partial charge on any atom is 0.0991 e. The topological polar surface area (TPSA) is 33.4 Å². The van der Waals surface area contributed by atoms with Gasteiger partial charge < -0.3 is 4.57 Å². The van der Waals surface area contributed by atoms with Gasteiger partial charge in [-0.3, -0.25) is 5.01 Å². The van der Waals surface area contributed by atoms with Crippen LogP contribution >= 0.6 is 0 Å². The Morgan fingerprint density at radius 1 is 1.14 bits per heavy atom. The van der Waals surface area contributed by atoms with Crippen LogP contribution in [0.2, 0.25) is 0 Å². The Morgan fingerprint density at radius 2 is 1.82 bits per heavy atom. The zero-order valence-corrected chi connectivity index (χ0v) is 13.6. The third-order valence-corrected chi connectivity index (χ3v) is 4.50. The van der Waals surface area contributed by atoms with E-state index in [4.69, 9.17) is 5.10 Å². The fraction of sp³-hybridized carbons (Fsp3) is 0.444. The Labute approximate surface area is 132 Å². The average Bonchev–Trinajstić information content (AvgIpc) is 3.05. The van der Waals surface area contributed by atoms with Crippen molar-refractivity contribution in [1.82, 2.24) is 14.6 Å². The molecule has 0 N–H and O–H groups in total. The van der Waals surface area contributed by atoms with Crippen molar-refractivity contribution in [3.8, 4) is 5.69 Å². The number of nitrogens with zero attached hydrogens (tertiary/aromatic N) is 4. The molecule has 3 rings (SSSR count). The maximum absolute atomic E-state index is 4.89. The van der Waals surface area contributed by atoms with Crippen molar-refractivity contribution >= 4 is 5.71 Å². The lowest BCUT2D eigenvalue weighted by molar-refractivity contribution is 0.108. The van der Waals surface area contributed by atoms with Crippen molar-refractivity contribution < 1.29 is 0 Å². The predicted octanol–water partition coefficient (Wildman–Crippen LogP) is 3.86. The summed E-state index contributed by atoms with van der Waals surface area (Å²) in [7, 11) is 0. The number of imidazole rings is 1. The van der Waals surface area contributed by atoms with Crippen LogP contribution in [0, 0.1) is 0 Å². The summed E-state index contributed by atoms with van der Waals surface area (Å²) >= 11 is 0. The maximum atomic E-state index is 4.89. The van der Waals surface area contributed by atoms with E-state index in [1.54, 1.807) is 6.20 Å². The Hall–Kier alpha value is -2.10. The van der Waals surface area contributed by atoms with E-state index in [9.17, 15) is 0 Å². The largest absolute Gasteiger partial charge is 0.306 e. The molecule has 0 amide bonds. The highest BCUT2D eigenvalue weighted by Crippen LogP contribution is 2.23. The number of piperidine rings is 1. The van der Waals surface area contributed by atoms with Crippen LogP contribution < -0.4 is 0 Å². The van der Waals surface area contributed by atoms with Gasteiger partial charge in [0.25, 0.3) is 0 Å². The smallest absolute Gasteiger partial charge is 0.0991 e. The molecule has 0 saturated carbocycles. The second-order valence-corrected chi connectivity index (χ2v) is 6.21. The van der Waals surface area contributed by atoms with E-state index >= 15 is 0 Å². The minimum Gasteiger partial charge on any atom is -0.306 e. The monoisotopic (exact) mass is 296 g/mol. The van der Waals surface area contributed by atoms with Crippen LogP contribution in [0.1, 0.15) is 45.6 Å². The molecule has 1 aliphatic rings. The lowest BCUT2D eigenvalue weighted by atomic mass is 10.00. The molecule has 2 atom stereocenters. The van der Waals surface area contributed by atoms with Gasteiger partial charge in [0.2, 0.25) is 0 Å². The zero-order valence-electron chi connectivity index (χ0n) is 13.6. The van der Waals surface area contributed by atoms with E-state index in [0.29, 0.717) is 12.1 Å². The molecule has 2 unspecified atom stereocenters. The predicted molar refractivity (Wildman–Crippen MR) is 90.4 cm³/mol. The van der Waals surface area contributed by atoms with Gasteiger partial charge in [0, 0.05) is 30.2 Å². The summed E-state index contributed by atoms with van der Waals surface area (Å²) in [4.78, 5) is 4.08. The minimum atomic E-state index is 0.531. The molecule has 0 spiro atoms. The molecule has 4 nitrogen and oxygen atoms in total. The van der Waals surface area contributed by atoms with Crippen LogP contribution in [0.15, 0.2) is 48.1 Å². The molecule has 2 aromatic rings. The summed E-state index contributed by atoms with van der Waals surface area (Å²) in [6.45, 7) is 6.64. The lowest BCUT2D eigenvalue weighted by Crippen LogP contribution is -2.40. The summed E-state index contributed by atoms with van der Waals surface area (Å²) in [5, 5.41) is 7.17. The molecule has 0 radical (unpaired) electrons. The fourth-order valence-electron chi connectivity index (χ4n) is 3.12. The summed E-state index contributed by atoms with van der Waals surface area (Å²) in [6, 6.07) is 9.55. The Kier molecular flexibility index (Phi) is 4.27. The van der Waals surface area contributed by atoms with Crippen molar-refractivity contribution in [2.45, 2.75) is 52.1 Å². The van der Waals surface area contributed by atoms with Gasteiger partial charge in [0.15, 0.2) is 0 Å². The molecule has 1 saturated heterocycles. The molecule has 1 aromatic heterocycles. The second kappa shape index (κ2) is 6.34. The van der Waals surface area contributed by atoms with Crippen LogP contribution in [0.4, 0.5) is 0 Å². The van der Waals surface area contributed by atoms with E-state index in [2.05, 4.69) is 55.0 Å². The highest BCUT2D eigenvalue weighted by Gasteiger charge is 2.23. The van der Waals surface area contributed by atoms with Crippen LogP contribution in [-0.4, -0.2) is 32.4 Å². The second-order valence-electron chi connectivity index (χ2n) is 6.21. The van der Waals surface area contributed by atoms with Crippen molar-refractivity contribution in [3.63, 3.8) is 0 Å². The van der Waals surface area contributed by atoms with Gasteiger partial charge in [-0.15, -0.1) is 0 Å². The van der Waals surface area contributed by atoms with Crippen LogP contribution in [0.25, 0.3) is 5.69 Å². The number of benzene rings is 1. The third-order valence-electron chi connectivity index (χ3n) is 4.50. The standard InChI is InChI=1S/C18H24N4/c1-14-5-4-6-15(2)22(14)20-16(3)17-7-9-18(10-8-17)21-12-11-19-13-21/h7-15H,4-6H2,1-3H3. The van der Waals surface area contributed by atoms with Gasteiger partial charge in [0.1, 0.15) is 0 Å². The fourth-order valence-corrected chi connectivity index (χ4v) is 3.12. The average molecular weight is 296 g/mol. The van der Waals surface area contributed by atoms with Crippen LogP contribution in [-0.2, 0) is 0 Å². The van der Waals surface area contributed by atoms with Crippen molar-refractivity contribution in [1.29, 1.82) is 0 Å². The number of rotatable bonds is 3. The van der Waals surface area contributed by atoms with E-state index in [-0.39, 0.29) is 0 Å². The van der Waals surface area contributed by atoms with Gasteiger partial charge in [-0.1, -0.05) is 12.1 Å². The first-order valence-corrected chi connectivity index (χ1v) is 8.07.